The van der Waals surface area contributed by atoms with E-state index in [0.29, 0.717) is 5.33 Å². The van der Waals surface area contributed by atoms with Gasteiger partial charge in [-0.2, -0.15) is 13.2 Å². The predicted molar refractivity (Wildman–Crippen MR) is 49.9 cm³/mol. The molecule has 2 nitrogen and oxygen atoms in total. The maximum Gasteiger partial charge on any atom is 0.441 e. The molecule has 0 fully saturated rings. The lowest BCUT2D eigenvalue weighted by Crippen LogP contribution is -2.26. The van der Waals surface area contributed by atoms with Crippen LogP contribution in [-0.4, -0.2) is 29.0 Å². The predicted octanol–water partition coefficient (Wildman–Crippen LogP) is 2.14. The molecule has 0 aromatic rings. The van der Waals surface area contributed by atoms with Crippen LogP contribution in [0.3, 0.4) is 0 Å². The van der Waals surface area contributed by atoms with Gasteiger partial charge in [-0.05, 0) is 11.8 Å². The van der Waals surface area contributed by atoms with Crippen molar-refractivity contribution in [3.8, 4) is 0 Å². The maximum absolute atomic E-state index is 11.6. The topological polar surface area (TPSA) is 29.1 Å². The summed E-state index contributed by atoms with van der Waals surface area (Å²) in [4.78, 5) is 10.7. The first-order valence-corrected chi connectivity index (χ1v) is 5.60. The van der Waals surface area contributed by atoms with E-state index in [-0.39, 0.29) is 36.4 Å². The van der Waals surface area contributed by atoms with Crippen LogP contribution in [0.1, 0.15) is 6.42 Å². The van der Waals surface area contributed by atoms with Crippen molar-refractivity contribution in [3.63, 3.8) is 0 Å². The minimum Gasteiger partial charge on any atom is -0.355 e. The molecule has 0 unspecified atom stereocenters. The summed E-state index contributed by atoms with van der Waals surface area (Å²) in [5.74, 6) is -0.378. The summed E-state index contributed by atoms with van der Waals surface area (Å²) in [6.45, 7) is 0.0516. The highest BCUT2D eigenvalue weighted by molar-refractivity contribution is 9.09. The molecule has 0 spiro atoms. The Morgan fingerprint density at radius 1 is 1.46 bits per heavy atom. The fourth-order valence-corrected chi connectivity index (χ4v) is 1.33. The third kappa shape index (κ3) is 10.0. The Kier molecular flexibility index (Phi) is 6.58. The van der Waals surface area contributed by atoms with E-state index in [4.69, 9.17) is 0 Å². The van der Waals surface area contributed by atoms with Gasteiger partial charge >= 0.3 is 5.51 Å². The second-order valence-corrected chi connectivity index (χ2v) is 4.04. The molecular formula is C6H9BrF3NOS. The van der Waals surface area contributed by atoms with Crippen molar-refractivity contribution in [2.24, 2.45) is 0 Å². The van der Waals surface area contributed by atoms with Crippen molar-refractivity contribution in [1.82, 2.24) is 5.32 Å². The number of amides is 1. The van der Waals surface area contributed by atoms with Crippen LogP contribution in [0.15, 0.2) is 0 Å². The van der Waals surface area contributed by atoms with E-state index in [0.717, 1.165) is 0 Å². The highest BCUT2D eigenvalue weighted by Crippen LogP contribution is 2.29. The van der Waals surface area contributed by atoms with E-state index in [1.54, 1.807) is 0 Å². The monoisotopic (exact) mass is 279 g/mol. The minimum absolute atomic E-state index is 0.0516. The molecule has 0 aliphatic rings. The summed E-state index contributed by atoms with van der Waals surface area (Å²) in [6, 6.07) is 0. The highest BCUT2D eigenvalue weighted by Gasteiger charge is 2.27. The van der Waals surface area contributed by atoms with E-state index in [1.165, 1.54) is 0 Å². The molecule has 0 rings (SSSR count). The summed E-state index contributed by atoms with van der Waals surface area (Å²) >= 11 is 2.91. The third-order valence-electron chi connectivity index (χ3n) is 1.01. The summed E-state index contributed by atoms with van der Waals surface area (Å²) in [7, 11) is 0. The van der Waals surface area contributed by atoms with E-state index in [9.17, 15) is 18.0 Å². The fourth-order valence-electron chi connectivity index (χ4n) is 0.531. The zero-order chi connectivity index (χ0) is 10.3. The van der Waals surface area contributed by atoms with Gasteiger partial charge in [0.2, 0.25) is 5.91 Å². The van der Waals surface area contributed by atoms with Crippen LogP contribution >= 0.6 is 27.7 Å². The van der Waals surface area contributed by atoms with Gasteiger partial charge in [0.15, 0.2) is 0 Å². The largest absolute Gasteiger partial charge is 0.441 e. The van der Waals surface area contributed by atoms with Gasteiger partial charge in [-0.25, -0.2) is 0 Å². The van der Waals surface area contributed by atoms with E-state index in [2.05, 4.69) is 21.2 Å². The van der Waals surface area contributed by atoms with Gasteiger partial charge in [0.1, 0.15) is 0 Å². The molecule has 1 amide bonds. The summed E-state index contributed by atoms with van der Waals surface area (Å²) in [6.07, 6.45) is 0.288. The molecule has 0 saturated heterocycles. The highest BCUT2D eigenvalue weighted by atomic mass is 79.9. The Hall–Kier alpha value is 0.0900. The Balaban J connectivity index is 3.31. The van der Waals surface area contributed by atoms with Gasteiger partial charge in [-0.3, -0.25) is 4.79 Å². The minimum atomic E-state index is -4.21. The molecule has 78 valence electrons. The summed E-state index contributed by atoms with van der Waals surface area (Å²) in [5, 5.41) is 2.89. The summed E-state index contributed by atoms with van der Waals surface area (Å²) in [5.41, 5.74) is -4.21. The van der Waals surface area contributed by atoms with E-state index >= 15 is 0 Å². The SMILES string of the molecule is O=C(CCBr)NCCSC(F)(F)F. The Morgan fingerprint density at radius 3 is 2.54 bits per heavy atom. The molecule has 0 aromatic heterocycles. The van der Waals surface area contributed by atoms with Crippen LogP contribution in [0.25, 0.3) is 0 Å². The van der Waals surface area contributed by atoms with Crippen molar-refractivity contribution in [3.05, 3.63) is 0 Å². The number of halogens is 4. The van der Waals surface area contributed by atoms with Crippen molar-refractivity contribution in [2.75, 3.05) is 17.6 Å². The Labute approximate surface area is 86.8 Å². The smallest absolute Gasteiger partial charge is 0.355 e. The molecule has 0 atom stereocenters. The number of hydrogen-bond donors (Lipinski definition) is 1. The van der Waals surface area contributed by atoms with Crippen LogP contribution in [0.2, 0.25) is 0 Å². The molecule has 0 radical (unpaired) electrons. The van der Waals surface area contributed by atoms with E-state index in [1.807, 2.05) is 0 Å². The number of thioether (sulfide) groups is 1. The second-order valence-electron chi connectivity index (χ2n) is 2.08. The molecule has 0 aliphatic heterocycles. The molecular weight excluding hydrogens is 271 g/mol. The number of carbonyl (C=O) groups excluding carboxylic acids is 1. The maximum atomic E-state index is 11.6. The number of rotatable bonds is 5. The van der Waals surface area contributed by atoms with Crippen molar-refractivity contribution in [2.45, 2.75) is 11.9 Å². The Morgan fingerprint density at radius 2 is 2.08 bits per heavy atom. The van der Waals surface area contributed by atoms with Crippen molar-refractivity contribution >= 4 is 33.6 Å². The third-order valence-corrected chi connectivity index (χ3v) is 2.14. The zero-order valence-corrected chi connectivity index (χ0v) is 9.06. The van der Waals surface area contributed by atoms with Crippen LogP contribution in [0.4, 0.5) is 13.2 Å². The average molecular weight is 280 g/mol. The number of nitrogens with one attached hydrogen (secondary N) is 1. The van der Waals surface area contributed by atoms with E-state index < -0.39 is 5.51 Å². The average Bonchev–Trinajstić information content (AvgIpc) is 1.97. The molecule has 13 heavy (non-hydrogen) atoms. The lowest BCUT2D eigenvalue weighted by atomic mass is 10.4. The lowest BCUT2D eigenvalue weighted by Gasteiger charge is -2.06. The molecule has 0 saturated carbocycles. The fraction of sp³-hybridized carbons (Fsp3) is 0.833. The van der Waals surface area contributed by atoms with Gasteiger partial charge < -0.3 is 5.32 Å². The molecule has 0 heterocycles. The first-order chi connectivity index (χ1) is 5.95. The number of hydrogen-bond acceptors (Lipinski definition) is 2. The van der Waals surface area contributed by atoms with Crippen LogP contribution in [0, 0.1) is 0 Å². The standard InChI is InChI=1S/C6H9BrF3NOS/c7-2-1-5(12)11-3-4-13-6(8,9)10/h1-4H2,(H,11,12). The summed E-state index contributed by atoms with van der Waals surface area (Å²) < 4.78 is 34.7. The van der Waals surface area contributed by atoms with Gasteiger partial charge in [0, 0.05) is 24.0 Å². The number of carbonyl (C=O) groups is 1. The lowest BCUT2D eigenvalue weighted by molar-refractivity contribution is -0.120. The van der Waals surface area contributed by atoms with Gasteiger partial charge in [0.05, 0.1) is 0 Å². The van der Waals surface area contributed by atoms with Crippen LogP contribution in [0.5, 0.6) is 0 Å². The quantitative estimate of drug-likeness (QED) is 0.617. The van der Waals surface area contributed by atoms with Crippen LogP contribution < -0.4 is 5.32 Å². The van der Waals surface area contributed by atoms with Crippen molar-refractivity contribution < 1.29 is 18.0 Å². The molecule has 0 bridgehead atoms. The Bertz CT molecular complexity index is 164. The molecule has 0 aromatic carbocycles. The van der Waals surface area contributed by atoms with Crippen molar-refractivity contribution in [1.29, 1.82) is 0 Å². The molecule has 0 aliphatic carbocycles. The van der Waals surface area contributed by atoms with Gasteiger partial charge in [-0.15, -0.1) is 0 Å². The molecule has 7 heteroatoms. The normalized spacial score (nSPS) is 11.4. The second kappa shape index (κ2) is 6.53. The van der Waals surface area contributed by atoms with Crippen LogP contribution in [-0.2, 0) is 4.79 Å². The zero-order valence-electron chi connectivity index (χ0n) is 6.66. The molecule has 1 N–H and O–H groups in total. The number of alkyl halides is 4. The van der Waals surface area contributed by atoms with Gasteiger partial charge in [-0.1, -0.05) is 15.9 Å². The first-order valence-electron chi connectivity index (χ1n) is 3.49. The first kappa shape index (κ1) is 13.1. The van der Waals surface area contributed by atoms with Gasteiger partial charge in [0.25, 0.3) is 0 Å².